The first kappa shape index (κ1) is 27.8. The number of rotatable bonds is 10. The van der Waals surface area contributed by atoms with Gasteiger partial charge in [0.25, 0.3) is 11.5 Å². The summed E-state index contributed by atoms with van der Waals surface area (Å²) in [6.07, 6.45) is 1.92. The van der Waals surface area contributed by atoms with E-state index in [4.69, 9.17) is 10.5 Å². The van der Waals surface area contributed by atoms with Crippen molar-refractivity contribution < 1.29 is 14.3 Å². The number of hydrogen-bond acceptors (Lipinski definition) is 8. The summed E-state index contributed by atoms with van der Waals surface area (Å²) in [5, 5.41) is 6.71. The van der Waals surface area contributed by atoms with Crippen LogP contribution in [0.4, 0.5) is 5.69 Å². The fraction of sp³-hybridized carbons (Fsp3) is 0.367. The molecule has 10 heteroatoms. The van der Waals surface area contributed by atoms with Gasteiger partial charge in [0.15, 0.2) is 0 Å². The quantitative estimate of drug-likeness (QED) is 0.286. The number of fused-ring (bicyclic) bond motifs is 2. The second kappa shape index (κ2) is 12.6. The summed E-state index contributed by atoms with van der Waals surface area (Å²) in [4.78, 5) is 42.1. The number of aromatic nitrogens is 1. The number of carbonyl (C=O) groups is 2. The third-order valence-electron chi connectivity index (χ3n) is 7.27. The Hall–Kier alpha value is -3.73. The highest BCUT2D eigenvalue weighted by atomic mass is 32.1. The van der Waals surface area contributed by atoms with Crippen LogP contribution < -0.4 is 26.2 Å². The Morgan fingerprint density at radius 2 is 1.85 bits per heavy atom. The lowest BCUT2D eigenvalue weighted by atomic mass is 10.2. The number of unbranched alkanes of at least 4 members (excludes halogenated alkanes) is 1. The first-order valence-electron chi connectivity index (χ1n) is 13.7. The van der Waals surface area contributed by atoms with Crippen LogP contribution in [-0.2, 0) is 4.79 Å². The van der Waals surface area contributed by atoms with Gasteiger partial charge >= 0.3 is 0 Å². The summed E-state index contributed by atoms with van der Waals surface area (Å²) in [5.74, 6) is -0.396. The molecule has 0 bridgehead atoms. The number of nitrogens with zero attached hydrogens (tertiary/aromatic N) is 3. The summed E-state index contributed by atoms with van der Waals surface area (Å²) in [6, 6.07) is 16.4. The van der Waals surface area contributed by atoms with Crippen LogP contribution in [0.25, 0.3) is 21.0 Å². The molecule has 4 aromatic rings. The zero-order valence-electron chi connectivity index (χ0n) is 22.7. The van der Waals surface area contributed by atoms with E-state index in [1.54, 1.807) is 23.5 Å². The Balaban J connectivity index is 1.10. The molecule has 0 saturated carbocycles. The standard InChI is InChI=1S/C30H35N5O4S/c1-21(31)30(38)32-20-29(37)35-26-19-23(9-7-22(26)8-10-28(35)36)39-17-3-2-12-33-13-15-34(16-14-33)25-5-4-6-27-24(25)11-18-40-27/h4-11,18-19,21H,2-3,12-17,20,31H2,1H3,(H,32,38). The number of piperazine rings is 1. The topological polar surface area (TPSA) is 110 Å². The highest BCUT2D eigenvalue weighted by molar-refractivity contribution is 7.17. The Bertz CT molecular complexity index is 1550. The van der Waals surface area contributed by atoms with Crippen LogP contribution in [-0.4, -0.2) is 73.2 Å². The van der Waals surface area contributed by atoms with Crippen LogP contribution in [0, 0.1) is 0 Å². The summed E-state index contributed by atoms with van der Waals surface area (Å²) in [7, 11) is 0. The number of hydrogen-bond donors (Lipinski definition) is 2. The van der Waals surface area contributed by atoms with Crippen LogP contribution in [0.1, 0.15) is 24.6 Å². The molecule has 2 aromatic heterocycles. The maximum Gasteiger partial charge on any atom is 0.257 e. The molecule has 5 rings (SSSR count). The average Bonchev–Trinajstić information content (AvgIpc) is 3.45. The summed E-state index contributed by atoms with van der Waals surface area (Å²) in [5.41, 5.74) is 6.86. The highest BCUT2D eigenvalue weighted by Crippen LogP contribution is 2.31. The summed E-state index contributed by atoms with van der Waals surface area (Å²) >= 11 is 1.79. The van der Waals surface area contributed by atoms with Crippen LogP contribution in [0.3, 0.4) is 0 Å². The lowest BCUT2D eigenvalue weighted by molar-refractivity contribution is -0.121. The SMILES string of the molecule is CC(N)C(=O)NCC(=O)n1c(=O)ccc2ccc(OCCCCN3CCN(c4cccc5sccc45)CC3)cc21. The monoisotopic (exact) mass is 561 g/mol. The molecule has 1 aliphatic heterocycles. The van der Waals surface area contributed by atoms with Gasteiger partial charge in [0.2, 0.25) is 5.91 Å². The van der Waals surface area contributed by atoms with Crippen molar-refractivity contribution in [1.82, 2.24) is 14.8 Å². The van der Waals surface area contributed by atoms with E-state index in [0.29, 0.717) is 17.9 Å². The van der Waals surface area contributed by atoms with E-state index < -0.39 is 23.4 Å². The van der Waals surface area contributed by atoms with Gasteiger partial charge in [0.1, 0.15) is 5.75 Å². The van der Waals surface area contributed by atoms with E-state index in [0.717, 1.165) is 55.5 Å². The van der Waals surface area contributed by atoms with Gasteiger partial charge in [-0.3, -0.25) is 19.3 Å². The normalized spacial score (nSPS) is 14.9. The zero-order valence-corrected chi connectivity index (χ0v) is 23.5. The minimum Gasteiger partial charge on any atom is -0.494 e. The molecule has 1 fully saturated rings. The molecule has 1 amide bonds. The van der Waals surface area contributed by atoms with Crippen molar-refractivity contribution in [3.05, 3.63) is 70.3 Å². The molecule has 9 nitrogen and oxygen atoms in total. The minimum absolute atomic E-state index is 0.317. The smallest absolute Gasteiger partial charge is 0.257 e. The van der Waals surface area contributed by atoms with Crippen molar-refractivity contribution in [3.8, 4) is 5.75 Å². The van der Waals surface area contributed by atoms with Gasteiger partial charge in [-0.05, 0) is 73.5 Å². The number of thiophene rings is 1. The van der Waals surface area contributed by atoms with Gasteiger partial charge < -0.3 is 20.7 Å². The first-order chi connectivity index (χ1) is 19.4. The van der Waals surface area contributed by atoms with Crippen LogP contribution in [0.2, 0.25) is 0 Å². The van der Waals surface area contributed by atoms with Crippen molar-refractivity contribution in [3.63, 3.8) is 0 Å². The Kier molecular flexibility index (Phi) is 8.78. The van der Waals surface area contributed by atoms with E-state index >= 15 is 0 Å². The number of benzene rings is 2. The van der Waals surface area contributed by atoms with Crippen molar-refractivity contribution >= 4 is 49.8 Å². The van der Waals surface area contributed by atoms with Crippen molar-refractivity contribution in [2.24, 2.45) is 5.73 Å². The predicted molar refractivity (Wildman–Crippen MR) is 161 cm³/mol. The molecule has 1 unspecified atom stereocenters. The lowest BCUT2D eigenvalue weighted by Crippen LogP contribution is -2.46. The van der Waals surface area contributed by atoms with Gasteiger partial charge in [0, 0.05) is 54.1 Å². The van der Waals surface area contributed by atoms with Crippen molar-refractivity contribution in [2.45, 2.75) is 25.8 Å². The molecular weight excluding hydrogens is 526 g/mol. The summed E-state index contributed by atoms with van der Waals surface area (Å²) in [6.45, 7) is 6.92. The zero-order chi connectivity index (χ0) is 28.1. The number of pyridine rings is 1. The number of nitrogens with one attached hydrogen (secondary N) is 1. The third-order valence-corrected chi connectivity index (χ3v) is 8.15. The maximum absolute atomic E-state index is 12.8. The Morgan fingerprint density at radius 3 is 2.65 bits per heavy atom. The van der Waals surface area contributed by atoms with E-state index in [-0.39, 0.29) is 6.54 Å². The van der Waals surface area contributed by atoms with E-state index in [2.05, 4.69) is 44.8 Å². The molecule has 40 heavy (non-hydrogen) atoms. The van der Waals surface area contributed by atoms with Crippen LogP contribution in [0.5, 0.6) is 5.75 Å². The molecule has 0 spiro atoms. The Labute approximate surface area is 237 Å². The second-order valence-corrected chi connectivity index (χ2v) is 11.1. The number of ether oxygens (including phenoxy) is 1. The molecule has 1 atom stereocenters. The molecule has 3 heterocycles. The summed E-state index contributed by atoms with van der Waals surface area (Å²) < 4.78 is 8.39. The first-order valence-corrected chi connectivity index (χ1v) is 14.6. The predicted octanol–water partition coefficient (Wildman–Crippen LogP) is 3.30. The number of amides is 1. The molecule has 210 valence electrons. The average molecular weight is 562 g/mol. The van der Waals surface area contributed by atoms with Gasteiger partial charge in [-0.15, -0.1) is 11.3 Å². The van der Waals surface area contributed by atoms with Crippen LogP contribution in [0.15, 0.2) is 64.8 Å². The molecule has 0 aliphatic carbocycles. The lowest BCUT2D eigenvalue weighted by Gasteiger charge is -2.36. The molecule has 3 N–H and O–H groups in total. The number of anilines is 1. The second-order valence-electron chi connectivity index (χ2n) is 10.1. The largest absolute Gasteiger partial charge is 0.494 e. The fourth-order valence-electron chi connectivity index (χ4n) is 5.06. The molecular formula is C30H35N5O4S. The minimum atomic E-state index is -0.742. The Morgan fingerprint density at radius 1 is 1.05 bits per heavy atom. The van der Waals surface area contributed by atoms with Gasteiger partial charge in [-0.25, -0.2) is 4.57 Å². The van der Waals surface area contributed by atoms with Crippen LogP contribution >= 0.6 is 11.3 Å². The van der Waals surface area contributed by atoms with Crippen molar-refractivity contribution in [1.29, 1.82) is 0 Å². The van der Waals surface area contributed by atoms with Gasteiger partial charge in [-0.2, -0.15) is 0 Å². The molecule has 1 saturated heterocycles. The number of nitrogens with two attached hydrogens (primary N) is 1. The van der Waals surface area contributed by atoms with E-state index in [1.165, 1.54) is 28.8 Å². The molecule has 2 aromatic carbocycles. The van der Waals surface area contributed by atoms with E-state index in [1.807, 2.05) is 12.1 Å². The van der Waals surface area contributed by atoms with E-state index in [9.17, 15) is 14.4 Å². The number of carbonyl (C=O) groups excluding carboxylic acids is 2. The molecule has 1 aliphatic rings. The maximum atomic E-state index is 12.8. The third kappa shape index (κ3) is 6.35. The van der Waals surface area contributed by atoms with Crippen molar-refractivity contribution in [2.75, 3.05) is 50.8 Å². The fourth-order valence-corrected chi connectivity index (χ4v) is 5.86. The van der Waals surface area contributed by atoms with Gasteiger partial charge in [0.05, 0.1) is 24.7 Å². The highest BCUT2D eigenvalue weighted by Gasteiger charge is 2.19. The molecule has 0 radical (unpaired) electrons. The van der Waals surface area contributed by atoms with Gasteiger partial charge in [-0.1, -0.05) is 6.07 Å².